The van der Waals surface area contributed by atoms with Gasteiger partial charge in [-0.05, 0) is 34.4 Å². The van der Waals surface area contributed by atoms with Crippen LogP contribution in [-0.4, -0.2) is 20.3 Å². The fourth-order valence-corrected chi connectivity index (χ4v) is 4.20. The number of aryl methyl sites for hydroxylation is 1. The average Bonchev–Trinajstić information content (AvgIpc) is 3.38. The van der Waals surface area contributed by atoms with Crippen LogP contribution in [0, 0.1) is 0 Å². The van der Waals surface area contributed by atoms with Crippen LogP contribution in [0.1, 0.15) is 21.5 Å². The maximum Gasteiger partial charge on any atom is 0.252 e. The number of carbonyl (C=O) groups is 1. The van der Waals surface area contributed by atoms with Gasteiger partial charge in [-0.2, -0.15) is 5.10 Å². The van der Waals surface area contributed by atoms with E-state index in [1.54, 1.807) is 17.8 Å². The molecule has 0 aliphatic heterocycles. The second kappa shape index (κ2) is 9.19. The first kappa shape index (κ1) is 21.4. The van der Waals surface area contributed by atoms with Crippen molar-refractivity contribution in [1.29, 1.82) is 0 Å². The summed E-state index contributed by atoms with van der Waals surface area (Å²) >= 11 is 0. The van der Waals surface area contributed by atoms with E-state index in [4.69, 9.17) is 0 Å². The smallest absolute Gasteiger partial charge is 0.252 e. The van der Waals surface area contributed by atoms with E-state index in [0.29, 0.717) is 12.1 Å². The number of aromatic nitrogens is 3. The van der Waals surface area contributed by atoms with Gasteiger partial charge in [0.2, 0.25) is 0 Å². The number of benzene rings is 3. The molecule has 5 aromatic rings. The number of para-hydroxylation sites is 1. The quantitative estimate of drug-likeness (QED) is 0.419. The zero-order valence-corrected chi connectivity index (χ0v) is 18.8. The number of amides is 1. The van der Waals surface area contributed by atoms with Crippen LogP contribution in [0.2, 0.25) is 0 Å². The number of nitrogens with zero attached hydrogens (tertiary/aromatic N) is 3. The van der Waals surface area contributed by atoms with Crippen LogP contribution in [0.3, 0.4) is 0 Å². The Bertz CT molecular complexity index is 1520. The molecule has 0 aliphatic rings. The number of nitrogens with one attached hydrogen (secondary N) is 1. The van der Waals surface area contributed by atoms with Crippen molar-refractivity contribution in [2.45, 2.75) is 13.1 Å². The molecule has 0 aliphatic carbocycles. The summed E-state index contributed by atoms with van der Waals surface area (Å²) in [5, 5.41) is 8.02. The Morgan fingerprint density at radius 1 is 0.941 bits per heavy atom. The summed E-state index contributed by atoms with van der Waals surface area (Å²) in [6, 6.07) is 27.1. The van der Waals surface area contributed by atoms with Crippen molar-refractivity contribution in [3.8, 4) is 11.1 Å². The number of pyridine rings is 1. The van der Waals surface area contributed by atoms with Crippen molar-refractivity contribution in [2.75, 3.05) is 0 Å². The van der Waals surface area contributed by atoms with Gasteiger partial charge in [-0.1, -0.05) is 66.7 Å². The first-order chi connectivity index (χ1) is 16.6. The molecule has 0 saturated heterocycles. The SMILES string of the molecule is Cn1c(=O)cc(C(=O)NCc2ccccc2-c2ccc(Cn3cccn3)cc2)c2ccccc21. The van der Waals surface area contributed by atoms with Crippen LogP contribution in [-0.2, 0) is 20.1 Å². The molecule has 6 nitrogen and oxygen atoms in total. The van der Waals surface area contributed by atoms with Crippen LogP contribution in [0.25, 0.3) is 22.0 Å². The van der Waals surface area contributed by atoms with E-state index in [-0.39, 0.29) is 11.5 Å². The highest BCUT2D eigenvalue weighted by Gasteiger charge is 2.14. The zero-order valence-electron chi connectivity index (χ0n) is 18.8. The van der Waals surface area contributed by atoms with Crippen molar-refractivity contribution < 1.29 is 4.79 Å². The van der Waals surface area contributed by atoms with E-state index in [0.717, 1.165) is 39.7 Å². The summed E-state index contributed by atoms with van der Waals surface area (Å²) < 4.78 is 3.44. The Morgan fingerprint density at radius 2 is 1.71 bits per heavy atom. The highest BCUT2D eigenvalue weighted by Crippen LogP contribution is 2.25. The van der Waals surface area contributed by atoms with Crippen LogP contribution < -0.4 is 10.9 Å². The van der Waals surface area contributed by atoms with Crippen molar-refractivity contribution in [1.82, 2.24) is 19.7 Å². The lowest BCUT2D eigenvalue weighted by Gasteiger charge is -2.13. The van der Waals surface area contributed by atoms with Crippen LogP contribution in [0.15, 0.2) is 102 Å². The second-order valence-electron chi connectivity index (χ2n) is 8.21. The molecule has 34 heavy (non-hydrogen) atoms. The fraction of sp³-hybridized carbons (Fsp3) is 0.107. The van der Waals surface area contributed by atoms with Gasteiger partial charge in [-0.3, -0.25) is 14.3 Å². The van der Waals surface area contributed by atoms with Crippen LogP contribution in [0.5, 0.6) is 0 Å². The topological polar surface area (TPSA) is 68.9 Å². The van der Waals surface area contributed by atoms with Crippen molar-refractivity contribution in [3.63, 3.8) is 0 Å². The maximum atomic E-state index is 13.1. The maximum absolute atomic E-state index is 13.1. The molecule has 0 spiro atoms. The van der Waals surface area contributed by atoms with Gasteiger partial charge >= 0.3 is 0 Å². The third-order valence-electron chi connectivity index (χ3n) is 6.02. The van der Waals surface area contributed by atoms with Crippen molar-refractivity contribution in [3.05, 3.63) is 124 Å². The molecule has 0 bridgehead atoms. The Labute approximate surface area is 197 Å². The molecule has 1 N–H and O–H groups in total. The Morgan fingerprint density at radius 3 is 2.50 bits per heavy atom. The third-order valence-corrected chi connectivity index (χ3v) is 6.02. The summed E-state index contributed by atoms with van der Waals surface area (Å²) in [7, 11) is 1.71. The Kier molecular flexibility index (Phi) is 5.79. The van der Waals surface area contributed by atoms with Gasteiger partial charge in [0, 0.05) is 37.4 Å². The standard InChI is InChI=1S/C28H24N4O2/c1-31-26-10-5-4-9-24(26)25(17-27(31)33)28(34)29-18-22-7-2-3-8-23(22)21-13-11-20(12-14-21)19-32-16-6-15-30-32/h2-17H,18-19H2,1H3,(H,29,34). The molecule has 2 heterocycles. The highest BCUT2D eigenvalue weighted by atomic mass is 16.2. The van der Waals surface area contributed by atoms with Gasteiger partial charge in [0.1, 0.15) is 0 Å². The zero-order chi connectivity index (χ0) is 23.5. The summed E-state index contributed by atoms with van der Waals surface area (Å²) in [5.41, 5.74) is 5.21. The van der Waals surface area contributed by atoms with E-state index in [9.17, 15) is 9.59 Å². The normalized spacial score (nSPS) is 11.0. The number of hydrogen-bond donors (Lipinski definition) is 1. The third kappa shape index (κ3) is 4.26. The van der Waals surface area contributed by atoms with E-state index >= 15 is 0 Å². The largest absolute Gasteiger partial charge is 0.348 e. The summed E-state index contributed by atoms with van der Waals surface area (Å²) in [6.45, 7) is 1.07. The highest BCUT2D eigenvalue weighted by molar-refractivity contribution is 6.06. The van der Waals surface area contributed by atoms with Crippen LogP contribution in [0.4, 0.5) is 0 Å². The van der Waals surface area contributed by atoms with Gasteiger partial charge in [0.25, 0.3) is 11.5 Å². The first-order valence-corrected chi connectivity index (χ1v) is 11.1. The van der Waals surface area contributed by atoms with Gasteiger partial charge < -0.3 is 9.88 Å². The molecule has 2 aromatic heterocycles. The van der Waals surface area contributed by atoms with Crippen LogP contribution >= 0.6 is 0 Å². The molecule has 6 heteroatoms. The Balaban J connectivity index is 1.37. The average molecular weight is 449 g/mol. The van der Waals surface area contributed by atoms with E-state index in [2.05, 4.69) is 40.7 Å². The van der Waals surface area contributed by atoms with Crippen molar-refractivity contribution in [2.24, 2.45) is 7.05 Å². The monoisotopic (exact) mass is 448 g/mol. The number of hydrogen-bond acceptors (Lipinski definition) is 3. The van der Waals surface area contributed by atoms with E-state index in [1.807, 2.05) is 59.4 Å². The lowest BCUT2D eigenvalue weighted by atomic mass is 9.98. The lowest BCUT2D eigenvalue weighted by Crippen LogP contribution is -2.26. The molecule has 0 fully saturated rings. The molecule has 0 atom stereocenters. The van der Waals surface area contributed by atoms with Gasteiger partial charge in [0.15, 0.2) is 0 Å². The molecule has 0 saturated carbocycles. The van der Waals surface area contributed by atoms with Gasteiger partial charge in [0.05, 0.1) is 17.6 Å². The minimum Gasteiger partial charge on any atom is -0.348 e. The minimum absolute atomic E-state index is 0.209. The first-order valence-electron chi connectivity index (χ1n) is 11.1. The predicted octanol–water partition coefficient (Wildman–Crippen LogP) is 4.38. The molecule has 0 radical (unpaired) electrons. The fourth-order valence-electron chi connectivity index (χ4n) is 4.20. The van der Waals surface area contributed by atoms with E-state index < -0.39 is 0 Å². The molecular formula is C28H24N4O2. The molecule has 168 valence electrons. The minimum atomic E-state index is -0.265. The molecule has 0 unspecified atom stereocenters. The molecular weight excluding hydrogens is 424 g/mol. The van der Waals surface area contributed by atoms with Gasteiger partial charge in [-0.25, -0.2) is 0 Å². The van der Waals surface area contributed by atoms with Crippen molar-refractivity contribution >= 4 is 16.8 Å². The molecule has 5 rings (SSSR count). The summed E-state index contributed by atoms with van der Waals surface area (Å²) in [5.74, 6) is -0.265. The summed E-state index contributed by atoms with van der Waals surface area (Å²) in [6.07, 6.45) is 3.71. The number of fused-ring (bicyclic) bond motifs is 1. The Hall–Kier alpha value is -4.45. The van der Waals surface area contributed by atoms with E-state index in [1.165, 1.54) is 6.07 Å². The predicted molar refractivity (Wildman–Crippen MR) is 134 cm³/mol. The number of rotatable bonds is 6. The molecule has 3 aromatic carbocycles. The summed E-state index contributed by atoms with van der Waals surface area (Å²) in [4.78, 5) is 25.4. The van der Waals surface area contributed by atoms with Gasteiger partial charge in [-0.15, -0.1) is 0 Å². The second-order valence-corrected chi connectivity index (χ2v) is 8.21. The molecule has 1 amide bonds. The lowest BCUT2D eigenvalue weighted by molar-refractivity contribution is 0.0952. The number of carbonyl (C=O) groups excluding carboxylic acids is 1.